The highest BCUT2D eigenvalue weighted by atomic mass is 28.4. The number of carbonyl (C=O) groups is 2. The van der Waals surface area contributed by atoms with Gasteiger partial charge in [0, 0.05) is 64.8 Å². The van der Waals surface area contributed by atoms with Crippen LogP contribution < -0.4 is 5.32 Å². The number of rotatable bonds is 20. The molecule has 30 heavy (non-hydrogen) atoms. The maximum absolute atomic E-state index is 11.8. The second kappa shape index (κ2) is 18.4. The maximum Gasteiger partial charge on any atom is 0.501 e. The van der Waals surface area contributed by atoms with Crippen molar-refractivity contribution in [3.8, 4) is 0 Å². The predicted molar refractivity (Wildman–Crippen MR) is 112 cm³/mol. The van der Waals surface area contributed by atoms with Gasteiger partial charge in [0.05, 0.1) is 13.2 Å². The first-order valence-corrected chi connectivity index (χ1v) is 12.2. The van der Waals surface area contributed by atoms with Crippen molar-refractivity contribution in [2.24, 2.45) is 0 Å². The lowest BCUT2D eigenvalue weighted by molar-refractivity contribution is -0.146. The SMILES string of the molecule is CCO[Si](CCCOCC(CNCCOC)OC(=O)C=CC(=O)O)(OCC)OCC. The van der Waals surface area contributed by atoms with Gasteiger partial charge in [-0.3, -0.25) is 0 Å². The molecule has 176 valence electrons. The fraction of sp³-hybridized carbons (Fsp3) is 0.789. The fourth-order valence-electron chi connectivity index (χ4n) is 2.52. The van der Waals surface area contributed by atoms with Gasteiger partial charge in [0.25, 0.3) is 0 Å². The molecule has 0 amide bonds. The fourth-order valence-corrected chi connectivity index (χ4v) is 5.10. The van der Waals surface area contributed by atoms with Crippen molar-refractivity contribution in [1.29, 1.82) is 0 Å². The first-order chi connectivity index (χ1) is 14.4. The molecule has 0 aliphatic rings. The van der Waals surface area contributed by atoms with Crippen LogP contribution in [0.25, 0.3) is 0 Å². The van der Waals surface area contributed by atoms with Crippen LogP contribution >= 0.6 is 0 Å². The van der Waals surface area contributed by atoms with Crippen molar-refractivity contribution >= 4 is 20.7 Å². The van der Waals surface area contributed by atoms with Gasteiger partial charge in [0.1, 0.15) is 6.10 Å². The zero-order valence-corrected chi connectivity index (χ0v) is 19.5. The quantitative estimate of drug-likeness (QED) is 0.121. The van der Waals surface area contributed by atoms with Crippen LogP contribution in [-0.4, -0.2) is 91.8 Å². The predicted octanol–water partition coefficient (Wildman–Crippen LogP) is 1.23. The van der Waals surface area contributed by atoms with Crippen molar-refractivity contribution in [3.63, 3.8) is 0 Å². The zero-order valence-electron chi connectivity index (χ0n) is 18.5. The number of carboxylic acids is 1. The van der Waals surface area contributed by atoms with Crippen LogP contribution in [0.4, 0.5) is 0 Å². The van der Waals surface area contributed by atoms with Crippen LogP contribution in [0.1, 0.15) is 27.2 Å². The van der Waals surface area contributed by atoms with Crippen molar-refractivity contribution in [3.05, 3.63) is 12.2 Å². The summed E-state index contributed by atoms with van der Waals surface area (Å²) in [5, 5.41) is 11.7. The van der Waals surface area contributed by atoms with E-state index in [0.717, 1.165) is 12.2 Å². The number of esters is 1. The molecule has 0 aromatic heterocycles. The molecule has 0 rings (SSSR count). The Morgan fingerprint density at radius 2 is 1.67 bits per heavy atom. The molecule has 0 saturated heterocycles. The molecule has 1 unspecified atom stereocenters. The minimum Gasteiger partial charge on any atom is -0.478 e. The molecule has 11 heteroatoms. The Labute approximate surface area is 180 Å². The molecule has 0 aliphatic heterocycles. The lowest BCUT2D eigenvalue weighted by Gasteiger charge is -2.28. The van der Waals surface area contributed by atoms with Crippen LogP contribution in [0.15, 0.2) is 12.2 Å². The average Bonchev–Trinajstić information content (AvgIpc) is 2.69. The van der Waals surface area contributed by atoms with Crippen LogP contribution in [0, 0.1) is 0 Å². The van der Waals surface area contributed by atoms with E-state index in [1.165, 1.54) is 0 Å². The second-order valence-electron chi connectivity index (χ2n) is 6.09. The van der Waals surface area contributed by atoms with E-state index in [9.17, 15) is 9.59 Å². The second-order valence-corrected chi connectivity index (χ2v) is 8.82. The third-order valence-electron chi connectivity index (χ3n) is 3.67. The summed E-state index contributed by atoms with van der Waals surface area (Å²) in [7, 11) is -1.11. The highest BCUT2D eigenvalue weighted by molar-refractivity contribution is 6.60. The van der Waals surface area contributed by atoms with Gasteiger partial charge in [-0.05, 0) is 27.2 Å². The number of carbonyl (C=O) groups excluding carboxylic acids is 1. The summed E-state index contributed by atoms with van der Waals surface area (Å²) in [6.07, 6.45) is 1.71. The molecule has 2 N–H and O–H groups in total. The van der Waals surface area contributed by atoms with Gasteiger partial charge < -0.3 is 37.9 Å². The molecule has 0 heterocycles. The summed E-state index contributed by atoms with van der Waals surface area (Å²) < 4.78 is 33.3. The van der Waals surface area contributed by atoms with E-state index in [1.807, 2.05) is 20.8 Å². The summed E-state index contributed by atoms with van der Waals surface area (Å²) in [6.45, 7) is 9.30. The van der Waals surface area contributed by atoms with E-state index in [0.29, 0.717) is 58.6 Å². The molecule has 0 saturated carbocycles. The number of carboxylic acid groups (broad SMARTS) is 1. The summed E-state index contributed by atoms with van der Waals surface area (Å²) in [5.41, 5.74) is 0. The van der Waals surface area contributed by atoms with Crippen LogP contribution in [0.3, 0.4) is 0 Å². The van der Waals surface area contributed by atoms with Gasteiger partial charge >= 0.3 is 20.7 Å². The number of methoxy groups -OCH3 is 1. The monoisotopic (exact) mass is 451 g/mol. The van der Waals surface area contributed by atoms with Crippen molar-refractivity contribution in [2.45, 2.75) is 39.3 Å². The van der Waals surface area contributed by atoms with Crippen LogP contribution in [-0.2, 0) is 37.1 Å². The van der Waals surface area contributed by atoms with Gasteiger partial charge in [-0.15, -0.1) is 0 Å². The minimum atomic E-state index is -2.71. The summed E-state index contributed by atoms with van der Waals surface area (Å²) in [4.78, 5) is 22.3. The maximum atomic E-state index is 11.8. The van der Waals surface area contributed by atoms with Gasteiger partial charge in [-0.2, -0.15) is 0 Å². The van der Waals surface area contributed by atoms with E-state index in [1.54, 1.807) is 7.11 Å². The molecule has 0 radical (unpaired) electrons. The van der Waals surface area contributed by atoms with Crippen molar-refractivity contribution < 1.29 is 42.2 Å². The largest absolute Gasteiger partial charge is 0.501 e. The summed E-state index contributed by atoms with van der Waals surface area (Å²) in [5.74, 6) is -1.96. The Morgan fingerprint density at radius 3 is 2.20 bits per heavy atom. The molecule has 0 aromatic rings. The van der Waals surface area contributed by atoms with E-state index in [4.69, 9.17) is 32.6 Å². The number of ether oxygens (including phenoxy) is 3. The van der Waals surface area contributed by atoms with Gasteiger partial charge in [-0.25, -0.2) is 9.59 Å². The normalized spacial score (nSPS) is 12.9. The molecule has 0 bridgehead atoms. The number of nitrogens with one attached hydrogen (secondary N) is 1. The summed E-state index contributed by atoms with van der Waals surface area (Å²) >= 11 is 0. The zero-order chi connectivity index (χ0) is 22.7. The Hall–Kier alpha value is -1.34. The van der Waals surface area contributed by atoms with Crippen LogP contribution in [0.2, 0.25) is 6.04 Å². The Bertz CT molecular complexity index is 474. The van der Waals surface area contributed by atoms with Crippen molar-refractivity contribution in [2.75, 3.05) is 59.8 Å². The smallest absolute Gasteiger partial charge is 0.478 e. The van der Waals surface area contributed by atoms with Gasteiger partial charge in [0.15, 0.2) is 0 Å². The molecule has 0 aliphatic carbocycles. The third kappa shape index (κ3) is 14.6. The molecule has 10 nitrogen and oxygen atoms in total. The molecule has 0 aromatic carbocycles. The Balaban J connectivity index is 4.54. The van der Waals surface area contributed by atoms with Crippen LogP contribution in [0.5, 0.6) is 0 Å². The van der Waals surface area contributed by atoms with Gasteiger partial charge in [0.2, 0.25) is 0 Å². The van der Waals surface area contributed by atoms with E-state index < -0.39 is 26.8 Å². The topological polar surface area (TPSA) is 122 Å². The van der Waals surface area contributed by atoms with E-state index in [-0.39, 0.29) is 6.61 Å². The molecule has 0 fully saturated rings. The Morgan fingerprint density at radius 1 is 1.03 bits per heavy atom. The standard InChI is InChI=1S/C19H37NO9Si/c1-5-26-30(27-6-2,28-7-3)14-8-12-25-16-17(15-20-11-13-24-4)29-19(23)10-9-18(21)22/h9-10,17,20H,5-8,11-16H2,1-4H3,(H,21,22). The number of hydrogen-bond acceptors (Lipinski definition) is 9. The first kappa shape index (κ1) is 28.7. The third-order valence-corrected chi connectivity index (χ3v) is 6.82. The molecule has 0 spiro atoms. The lowest BCUT2D eigenvalue weighted by Crippen LogP contribution is -2.46. The van der Waals surface area contributed by atoms with E-state index >= 15 is 0 Å². The van der Waals surface area contributed by atoms with E-state index in [2.05, 4.69) is 5.32 Å². The molecule has 1 atom stereocenters. The first-order valence-electron chi connectivity index (χ1n) is 10.2. The number of hydrogen-bond donors (Lipinski definition) is 2. The van der Waals surface area contributed by atoms with Gasteiger partial charge in [-0.1, -0.05) is 0 Å². The number of aliphatic carboxylic acids is 1. The summed E-state index contributed by atoms with van der Waals surface area (Å²) in [6, 6.07) is 0.625. The average molecular weight is 452 g/mol. The Kier molecular flexibility index (Phi) is 17.6. The van der Waals surface area contributed by atoms with Crippen molar-refractivity contribution in [1.82, 2.24) is 5.32 Å². The molecular weight excluding hydrogens is 414 g/mol. The highest BCUT2D eigenvalue weighted by Crippen LogP contribution is 2.18. The highest BCUT2D eigenvalue weighted by Gasteiger charge is 2.39. The minimum absolute atomic E-state index is 0.166. The lowest BCUT2D eigenvalue weighted by atomic mass is 10.3. The molecular formula is C19H37NO9Si.